The number of benzene rings is 1. The van der Waals surface area contributed by atoms with Gasteiger partial charge in [0.05, 0.1) is 30.2 Å². The van der Waals surface area contributed by atoms with Gasteiger partial charge in [0.1, 0.15) is 0 Å². The molecular formula is C14H20N2O3S. The van der Waals surface area contributed by atoms with Crippen LogP contribution in [0.3, 0.4) is 0 Å². The molecular weight excluding hydrogens is 276 g/mol. The van der Waals surface area contributed by atoms with E-state index < -0.39 is 10.0 Å². The Morgan fingerprint density at radius 3 is 2.50 bits per heavy atom. The number of nitrogens with zero attached hydrogens (tertiary/aromatic N) is 1. The number of sulfonamides is 1. The third-order valence-electron chi connectivity index (χ3n) is 4.02. The highest BCUT2D eigenvalue weighted by atomic mass is 32.2. The molecule has 1 N–H and O–H groups in total. The average Bonchev–Trinajstić information content (AvgIpc) is 3.10. The Morgan fingerprint density at radius 2 is 1.80 bits per heavy atom. The van der Waals surface area contributed by atoms with E-state index in [0.29, 0.717) is 18.1 Å². The molecule has 2 heterocycles. The molecule has 2 saturated heterocycles. The van der Waals surface area contributed by atoms with Crippen molar-refractivity contribution in [2.45, 2.75) is 29.8 Å². The fourth-order valence-corrected chi connectivity index (χ4v) is 4.23. The number of likely N-dealkylation sites (tertiary alicyclic amines) is 1. The predicted octanol–water partition coefficient (Wildman–Crippen LogP) is 0.828. The van der Waals surface area contributed by atoms with Crippen molar-refractivity contribution < 1.29 is 13.2 Å². The summed E-state index contributed by atoms with van der Waals surface area (Å²) in [7, 11) is -3.46. The fourth-order valence-electron chi connectivity index (χ4n) is 2.96. The first-order valence-electron chi connectivity index (χ1n) is 7.06. The van der Waals surface area contributed by atoms with Gasteiger partial charge in [-0.15, -0.1) is 0 Å². The zero-order valence-electron chi connectivity index (χ0n) is 11.4. The lowest BCUT2D eigenvalue weighted by Crippen LogP contribution is -2.50. The van der Waals surface area contributed by atoms with E-state index >= 15 is 0 Å². The van der Waals surface area contributed by atoms with Crippen LogP contribution in [0.15, 0.2) is 35.2 Å². The average molecular weight is 296 g/mol. The quantitative estimate of drug-likeness (QED) is 0.894. The lowest BCUT2D eigenvalue weighted by atomic mass is 10.1. The number of rotatable bonds is 4. The minimum Gasteiger partial charge on any atom is -0.378 e. The molecule has 2 unspecified atom stereocenters. The van der Waals surface area contributed by atoms with Crippen LogP contribution >= 0.6 is 0 Å². The first-order valence-corrected chi connectivity index (χ1v) is 8.54. The Kier molecular flexibility index (Phi) is 4.07. The van der Waals surface area contributed by atoms with Crippen LogP contribution in [0.5, 0.6) is 0 Å². The van der Waals surface area contributed by atoms with E-state index in [4.69, 9.17) is 4.74 Å². The van der Waals surface area contributed by atoms with Crippen LogP contribution in [0.2, 0.25) is 0 Å². The first kappa shape index (κ1) is 14.0. The molecule has 0 saturated carbocycles. The first-order chi connectivity index (χ1) is 9.67. The van der Waals surface area contributed by atoms with Crippen LogP contribution in [-0.4, -0.2) is 51.7 Å². The summed E-state index contributed by atoms with van der Waals surface area (Å²) in [6.45, 7) is 3.14. The van der Waals surface area contributed by atoms with Crippen molar-refractivity contribution in [3.8, 4) is 0 Å². The normalized spacial score (nSPS) is 28.0. The molecule has 0 bridgehead atoms. The highest BCUT2D eigenvalue weighted by Crippen LogP contribution is 2.20. The molecule has 2 atom stereocenters. The van der Waals surface area contributed by atoms with Gasteiger partial charge in [-0.2, -0.15) is 0 Å². The van der Waals surface area contributed by atoms with E-state index in [1.807, 2.05) is 6.07 Å². The summed E-state index contributed by atoms with van der Waals surface area (Å²) in [5.41, 5.74) is 0. The topological polar surface area (TPSA) is 58.6 Å². The van der Waals surface area contributed by atoms with E-state index in [1.165, 1.54) is 12.8 Å². The van der Waals surface area contributed by atoms with Gasteiger partial charge in [-0.3, -0.25) is 4.90 Å². The zero-order valence-corrected chi connectivity index (χ0v) is 12.2. The molecule has 2 aliphatic heterocycles. The third-order valence-corrected chi connectivity index (χ3v) is 5.53. The maximum Gasteiger partial charge on any atom is 0.240 e. The van der Waals surface area contributed by atoms with E-state index in [1.54, 1.807) is 24.3 Å². The van der Waals surface area contributed by atoms with Crippen LogP contribution in [-0.2, 0) is 14.8 Å². The van der Waals surface area contributed by atoms with Crippen LogP contribution in [0.4, 0.5) is 0 Å². The van der Waals surface area contributed by atoms with Gasteiger partial charge in [0.15, 0.2) is 0 Å². The van der Waals surface area contributed by atoms with E-state index in [0.717, 1.165) is 13.1 Å². The van der Waals surface area contributed by atoms with Gasteiger partial charge in [-0.25, -0.2) is 13.1 Å². The van der Waals surface area contributed by atoms with Crippen LogP contribution in [0, 0.1) is 0 Å². The van der Waals surface area contributed by atoms with Crippen molar-refractivity contribution in [2.75, 3.05) is 26.3 Å². The maximum absolute atomic E-state index is 12.4. The molecule has 2 fully saturated rings. The second kappa shape index (κ2) is 5.81. The fraction of sp³-hybridized carbons (Fsp3) is 0.571. The van der Waals surface area contributed by atoms with Gasteiger partial charge in [0.2, 0.25) is 10.0 Å². The summed E-state index contributed by atoms with van der Waals surface area (Å²) in [5.74, 6) is 0. The van der Waals surface area contributed by atoms with Gasteiger partial charge >= 0.3 is 0 Å². The minimum absolute atomic E-state index is 0.154. The molecule has 3 rings (SSSR count). The van der Waals surface area contributed by atoms with E-state index in [2.05, 4.69) is 9.62 Å². The largest absolute Gasteiger partial charge is 0.378 e. The minimum atomic E-state index is -3.46. The number of ether oxygens (including phenoxy) is 1. The molecule has 0 radical (unpaired) electrons. The third kappa shape index (κ3) is 2.88. The molecule has 6 heteroatoms. The molecule has 1 aromatic carbocycles. The van der Waals surface area contributed by atoms with Crippen LogP contribution in [0.1, 0.15) is 12.8 Å². The number of hydrogen-bond donors (Lipinski definition) is 1. The second-order valence-electron chi connectivity index (χ2n) is 5.39. The van der Waals surface area contributed by atoms with Crippen molar-refractivity contribution >= 4 is 10.0 Å². The molecule has 5 nitrogen and oxygen atoms in total. The van der Waals surface area contributed by atoms with Gasteiger partial charge in [-0.1, -0.05) is 18.2 Å². The molecule has 1 aromatic rings. The van der Waals surface area contributed by atoms with E-state index in [9.17, 15) is 8.42 Å². The van der Waals surface area contributed by atoms with Crippen molar-refractivity contribution in [1.29, 1.82) is 0 Å². The van der Waals surface area contributed by atoms with Crippen LogP contribution in [0.25, 0.3) is 0 Å². The van der Waals surface area contributed by atoms with Crippen molar-refractivity contribution in [3.05, 3.63) is 30.3 Å². The smallest absolute Gasteiger partial charge is 0.240 e. The molecule has 2 aliphatic rings. The summed E-state index contributed by atoms with van der Waals surface area (Å²) >= 11 is 0. The molecule has 0 amide bonds. The van der Waals surface area contributed by atoms with Gasteiger partial charge in [-0.05, 0) is 38.1 Å². The Balaban J connectivity index is 1.73. The Labute approximate surface area is 120 Å². The SMILES string of the molecule is O=S(=O)(NC1COCC1N1CCCC1)c1ccccc1. The summed E-state index contributed by atoms with van der Waals surface area (Å²) in [5, 5.41) is 0. The summed E-state index contributed by atoms with van der Waals surface area (Å²) < 4.78 is 33.0. The van der Waals surface area contributed by atoms with Crippen molar-refractivity contribution in [3.63, 3.8) is 0 Å². The van der Waals surface area contributed by atoms with Crippen molar-refractivity contribution in [2.24, 2.45) is 0 Å². The maximum atomic E-state index is 12.4. The molecule has 110 valence electrons. The second-order valence-corrected chi connectivity index (χ2v) is 7.10. The Morgan fingerprint density at radius 1 is 1.10 bits per heavy atom. The molecule has 0 aliphatic carbocycles. The Bertz CT molecular complexity index is 541. The molecule has 0 aromatic heterocycles. The monoisotopic (exact) mass is 296 g/mol. The summed E-state index contributed by atoms with van der Waals surface area (Å²) in [6.07, 6.45) is 2.38. The molecule has 20 heavy (non-hydrogen) atoms. The van der Waals surface area contributed by atoms with E-state index in [-0.39, 0.29) is 12.1 Å². The standard InChI is InChI=1S/C14H20N2O3S/c17-20(18,12-6-2-1-3-7-12)15-13-10-19-11-14(13)16-8-4-5-9-16/h1-3,6-7,13-15H,4-5,8-11H2. The molecule has 0 spiro atoms. The van der Waals surface area contributed by atoms with Crippen LogP contribution < -0.4 is 4.72 Å². The highest BCUT2D eigenvalue weighted by Gasteiger charge is 2.36. The number of hydrogen-bond acceptors (Lipinski definition) is 4. The lowest BCUT2D eigenvalue weighted by molar-refractivity contribution is 0.159. The Hall–Kier alpha value is -0.950. The van der Waals surface area contributed by atoms with Crippen molar-refractivity contribution in [1.82, 2.24) is 9.62 Å². The lowest BCUT2D eigenvalue weighted by Gasteiger charge is -2.27. The predicted molar refractivity (Wildman–Crippen MR) is 76.0 cm³/mol. The number of nitrogens with one attached hydrogen (secondary N) is 1. The van der Waals surface area contributed by atoms with Gasteiger partial charge in [0, 0.05) is 0 Å². The summed E-state index contributed by atoms with van der Waals surface area (Å²) in [6, 6.07) is 8.51. The zero-order chi connectivity index (χ0) is 14.0. The summed E-state index contributed by atoms with van der Waals surface area (Å²) in [4.78, 5) is 2.65. The highest BCUT2D eigenvalue weighted by molar-refractivity contribution is 7.89. The van der Waals surface area contributed by atoms with Gasteiger partial charge in [0.25, 0.3) is 0 Å². The van der Waals surface area contributed by atoms with Gasteiger partial charge < -0.3 is 4.74 Å².